The summed E-state index contributed by atoms with van der Waals surface area (Å²) in [5.41, 5.74) is 0. The maximum atomic E-state index is 8.88. The third-order valence-electron chi connectivity index (χ3n) is 3.60. The quantitative estimate of drug-likeness (QED) is 0.521. The molecular weight excluding hydrogens is 232 g/mol. The molecule has 1 aliphatic carbocycles. The van der Waals surface area contributed by atoms with Gasteiger partial charge in [0, 0.05) is 26.4 Å². The Hall–Kier alpha value is -0.160. The van der Waals surface area contributed by atoms with Gasteiger partial charge in [0.1, 0.15) is 0 Å². The predicted molar refractivity (Wildman–Crippen MR) is 72.3 cm³/mol. The summed E-state index contributed by atoms with van der Waals surface area (Å²) in [6.07, 6.45) is 8.47. The molecule has 0 saturated heterocycles. The number of hydrogen-bond acceptors (Lipinski definition) is 4. The number of hydrogen-bond donors (Lipinski definition) is 4. The Morgan fingerprint density at radius 1 is 0.611 bits per heavy atom. The zero-order chi connectivity index (χ0) is 13.6. The lowest BCUT2D eigenvalue weighted by molar-refractivity contribution is 0.0869. The van der Waals surface area contributed by atoms with Crippen LogP contribution in [0.2, 0.25) is 0 Å². The van der Waals surface area contributed by atoms with Crippen molar-refractivity contribution in [3.63, 3.8) is 0 Å². The molecule has 0 spiro atoms. The zero-order valence-electron chi connectivity index (χ0n) is 11.4. The van der Waals surface area contributed by atoms with Crippen LogP contribution >= 0.6 is 0 Å². The molecule has 1 saturated carbocycles. The van der Waals surface area contributed by atoms with Crippen LogP contribution in [0.4, 0.5) is 0 Å². The van der Waals surface area contributed by atoms with Gasteiger partial charge in [-0.1, -0.05) is 25.7 Å². The van der Waals surface area contributed by atoms with Gasteiger partial charge in [-0.25, -0.2) is 0 Å². The van der Waals surface area contributed by atoms with E-state index < -0.39 is 0 Å². The van der Waals surface area contributed by atoms with E-state index in [2.05, 4.69) is 0 Å². The third-order valence-corrected chi connectivity index (χ3v) is 3.60. The van der Waals surface area contributed by atoms with Crippen LogP contribution < -0.4 is 0 Å². The minimum atomic E-state index is 0.255. The monoisotopic (exact) mass is 262 g/mol. The summed E-state index contributed by atoms with van der Waals surface area (Å²) in [4.78, 5) is 0. The van der Waals surface area contributed by atoms with Gasteiger partial charge in [-0.15, -0.1) is 0 Å². The molecule has 4 nitrogen and oxygen atoms in total. The molecule has 1 fully saturated rings. The molecule has 2 unspecified atom stereocenters. The van der Waals surface area contributed by atoms with E-state index in [1.165, 1.54) is 12.8 Å². The largest absolute Gasteiger partial charge is 0.396 e. The van der Waals surface area contributed by atoms with E-state index in [9.17, 15) is 0 Å². The van der Waals surface area contributed by atoms with Crippen molar-refractivity contribution < 1.29 is 20.4 Å². The van der Waals surface area contributed by atoms with Gasteiger partial charge in [-0.2, -0.15) is 0 Å². The Morgan fingerprint density at radius 2 is 1.00 bits per heavy atom. The molecule has 110 valence electrons. The van der Waals surface area contributed by atoms with Crippen LogP contribution in [-0.4, -0.2) is 46.9 Å². The topological polar surface area (TPSA) is 80.9 Å². The van der Waals surface area contributed by atoms with E-state index in [1.807, 2.05) is 0 Å². The summed E-state index contributed by atoms with van der Waals surface area (Å²) in [5, 5.41) is 34.4. The van der Waals surface area contributed by atoms with E-state index in [-0.39, 0.29) is 26.4 Å². The van der Waals surface area contributed by atoms with E-state index in [0.29, 0.717) is 11.8 Å². The van der Waals surface area contributed by atoms with E-state index in [0.717, 1.165) is 38.5 Å². The van der Waals surface area contributed by atoms with Crippen LogP contribution in [-0.2, 0) is 0 Å². The minimum absolute atomic E-state index is 0.255. The fraction of sp³-hybridized carbons (Fsp3) is 1.00. The molecule has 18 heavy (non-hydrogen) atoms. The summed E-state index contributed by atoms with van der Waals surface area (Å²) in [5.74, 6) is 0.748. The highest BCUT2D eigenvalue weighted by Crippen LogP contribution is 2.28. The average Bonchev–Trinajstić information content (AvgIpc) is 2.44. The molecule has 0 amide bonds. The Bertz CT molecular complexity index is 146. The van der Waals surface area contributed by atoms with Gasteiger partial charge in [-0.05, 0) is 37.5 Å². The molecule has 4 heteroatoms. The highest BCUT2D eigenvalue weighted by molar-refractivity contribution is 4.73. The van der Waals surface area contributed by atoms with Gasteiger partial charge >= 0.3 is 0 Å². The predicted octanol–water partition coefficient (Wildman–Crippen LogP) is 1.31. The summed E-state index contributed by atoms with van der Waals surface area (Å²) in [6.45, 7) is 1.08. The second-order valence-corrected chi connectivity index (χ2v) is 5.03. The second kappa shape index (κ2) is 13.3. The smallest absolute Gasteiger partial charge is 0.0462 e. The maximum absolute atomic E-state index is 8.88. The van der Waals surface area contributed by atoms with Crippen LogP contribution in [0.3, 0.4) is 0 Å². The van der Waals surface area contributed by atoms with E-state index in [4.69, 9.17) is 20.4 Å². The lowest BCUT2D eigenvalue weighted by Crippen LogP contribution is -2.25. The van der Waals surface area contributed by atoms with Crippen LogP contribution in [0.15, 0.2) is 0 Å². The Kier molecular flexibility index (Phi) is 13.2. The summed E-state index contributed by atoms with van der Waals surface area (Å²) in [6, 6.07) is 0. The second-order valence-electron chi connectivity index (χ2n) is 5.03. The van der Waals surface area contributed by atoms with Crippen molar-refractivity contribution in [2.24, 2.45) is 11.8 Å². The Labute approximate surface area is 111 Å². The SMILES string of the molecule is OCC1CCCCC1CO.OCCCCCCO. The van der Waals surface area contributed by atoms with Crippen molar-refractivity contribution >= 4 is 0 Å². The molecule has 0 radical (unpaired) electrons. The first-order valence-electron chi connectivity index (χ1n) is 7.23. The first-order valence-corrected chi connectivity index (χ1v) is 7.23. The van der Waals surface area contributed by atoms with Gasteiger partial charge in [0.15, 0.2) is 0 Å². The fourth-order valence-corrected chi connectivity index (χ4v) is 2.34. The summed E-state index contributed by atoms with van der Waals surface area (Å²) < 4.78 is 0. The summed E-state index contributed by atoms with van der Waals surface area (Å²) >= 11 is 0. The van der Waals surface area contributed by atoms with Gasteiger partial charge in [-0.3, -0.25) is 0 Å². The molecule has 0 aliphatic heterocycles. The lowest BCUT2D eigenvalue weighted by atomic mass is 9.80. The van der Waals surface area contributed by atoms with Gasteiger partial charge < -0.3 is 20.4 Å². The fourth-order valence-electron chi connectivity index (χ4n) is 2.34. The average molecular weight is 262 g/mol. The normalized spacial score (nSPS) is 23.3. The van der Waals surface area contributed by atoms with E-state index in [1.54, 1.807) is 0 Å². The highest BCUT2D eigenvalue weighted by atomic mass is 16.3. The van der Waals surface area contributed by atoms with Crippen LogP contribution in [0.25, 0.3) is 0 Å². The van der Waals surface area contributed by atoms with Crippen LogP contribution in [0.1, 0.15) is 51.4 Å². The number of unbranched alkanes of at least 4 members (excludes halogenated alkanes) is 3. The van der Waals surface area contributed by atoms with Crippen LogP contribution in [0, 0.1) is 11.8 Å². The number of rotatable bonds is 7. The van der Waals surface area contributed by atoms with Gasteiger partial charge in [0.2, 0.25) is 0 Å². The molecule has 0 aromatic rings. The van der Waals surface area contributed by atoms with Crippen LogP contribution in [0.5, 0.6) is 0 Å². The number of aliphatic hydroxyl groups is 4. The molecule has 0 aromatic heterocycles. The third kappa shape index (κ3) is 8.86. The first kappa shape index (κ1) is 17.8. The summed E-state index contributed by atoms with van der Waals surface area (Å²) in [7, 11) is 0. The first-order chi connectivity index (χ1) is 8.79. The Balaban J connectivity index is 0.000000331. The standard InChI is InChI=1S/C8H16O2.C6H14O2/c9-5-7-3-1-2-4-8(7)6-10;7-5-3-1-2-4-6-8/h7-10H,1-6H2;7-8H,1-6H2. The van der Waals surface area contributed by atoms with Crippen molar-refractivity contribution in [2.75, 3.05) is 26.4 Å². The molecule has 0 aromatic carbocycles. The van der Waals surface area contributed by atoms with E-state index >= 15 is 0 Å². The van der Waals surface area contributed by atoms with Gasteiger partial charge in [0.25, 0.3) is 0 Å². The molecule has 0 bridgehead atoms. The van der Waals surface area contributed by atoms with Crippen molar-refractivity contribution in [3.8, 4) is 0 Å². The molecule has 4 N–H and O–H groups in total. The Morgan fingerprint density at radius 3 is 1.28 bits per heavy atom. The van der Waals surface area contributed by atoms with Gasteiger partial charge in [0.05, 0.1) is 0 Å². The van der Waals surface area contributed by atoms with Crippen molar-refractivity contribution in [2.45, 2.75) is 51.4 Å². The van der Waals surface area contributed by atoms with Crippen molar-refractivity contribution in [1.29, 1.82) is 0 Å². The molecule has 0 heterocycles. The lowest BCUT2D eigenvalue weighted by Gasteiger charge is -2.28. The molecule has 1 aliphatic rings. The highest BCUT2D eigenvalue weighted by Gasteiger charge is 2.23. The van der Waals surface area contributed by atoms with Crippen molar-refractivity contribution in [1.82, 2.24) is 0 Å². The molecular formula is C14H30O4. The minimum Gasteiger partial charge on any atom is -0.396 e. The molecule has 2 atom stereocenters. The van der Waals surface area contributed by atoms with Crippen molar-refractivity contribution in [3.05, 3.63) is 0 Å². The number of aliphatic hydroxyl groups excluding tert-OH is 4. The molecule has 1 rings (SSSR count). The zero-order valence-corrected chi connectivity index (χ0v) is 11.4. The maximum Gasteiger partial charge on any atom is 0.0462 e.